The van der Waals surface area contributed by atoms with E-state index in [4.69, 9.17) is 0 Å². The number of aryl methyl sites for hydroxylation is 1. The standard InChI is InChI=1S/C23H24N2O3S2/c1-17-8-6-9-19(14-17)15-25-22(26)21-12-7-13-24-23(21)29-16-18(2)30(27,28)20-10-4-3-5-11-20/h3-14,18H,15-16H2,1-2H3,(H,25,26). The molecule has 1 heterocycles. The Hall–Kier alpha value is -2.64. The second kappa shape index (κ2) is 9.91. The third-order valence-electron chi connectivity index (χ3n) is 4.61. The monoisotopic (exact) mass is 440 g/mol. The van der Waals surface area contributed by atoms with Crippen LogP contribution < -0.4 is 5.32 Å². The minimum Gasteiger partial charge on any atom is -0.348 e. The van der Waals surface area contributed by atoms with E-state index in [0.717, 1.165) is 11.1 Å². The van der Waals surface area contributed by atoms with Gasteiger partial charge in [-0.25, -0.2) is 13.4 Å². The lowest BCUT2D eigenvalue weighted by Gasteiger charge is -2.14. The van der Waals surface area contributed by atoms with Crippen LogP contribution in [-0.4, -0.2) is 30.3 Å². The zero-order chi connectivity index (χ0) is 21.6. The van der Waals surface area contributed by atoms with Gasteiger partial charge in [0.05, 0.1) is 15.7 Å². The number of carbonyl (C=O) groups is 1. The molecule has 2 aromatic carbocycles. The molecule has 3 rings (SSSR count). The zero-order valence-electron chi connectivity index (χ0n) is 16.9. The van der Waals surface area contributed by atoms with Crippen LogP contribution in [0.15, 0.2) is 82.8 Å². The Labute approximate surface area is 181 Å². The van der Waals surface area contributed by atoms with Crippen LogP contribution in [-0.2, 0) is 16.4 Å². The number of amides is 1. The zero-order valence-corrected chi connectivity index (χ0v) is 18.5. The van der Waals surface area contributed by atoms with Gasteiger partial charge in [-0.05, 0) is 43.7 Å². The van der Waals surface area contributed by atoms with Crippen LogP contribution in [0.3, 0.4) is 0 Å². The van der Waals surface area contributed by atoms with Gasteiger partial charge in [0.25, 0.3) is 5.91 Å². The average molecular weight is 441 g/mol. The summed E-state index contributed by atoms with van der Waals surface area (Å²) in [7, 11) is -3.44. The summed E-state index contributed by atoms with van der Waals surface area (Å²) < 4.78 is 25.5. The summed E-state index contributed by atoms with van der Waals surface area (Å²) in [6.45, 7) is 4.10. The van der Waals surface area contributed by atoms with Gasteiger partial charge in [-0.1, -0.05) is 48.0 Å². The number of sulfone groups is 1. The molecular formula is C23H24N2O3S2. The third-order valence-corrected chi connectivity index (χ3v) is 8.24. The van der Waals surface area contributed by atoms with Gasteiger partial charge in [0.2, 0.25) is 0 Å². The molecule has 30 heavy (non-hydrogen) atoms. The van der Waals surface area contributed by atoms with Crippen LogP contribution >= 0.6 is 11.8 Å². The molecule has 3 aromatic rings. The Morgan fingerprint density at radius 3 is 2.57 bits per heavy atom. The van der Waals surface area contributed by atoms with Gasteiger partial charge in [-0.3, -0.25) is 4.79 Å². The molecule has 156 valence electrons. The van der Waals surface area contributed by atoms with E-state index in [0.29, 0.717) is 27.8 Å². The Balaban J connectivity index is 1.67. The van der Waals surface area contributed by atoms with Crippen molar-refractivity contribution in [2.45, 2.75) is 35.6 Å². The largest absolute Gasteiger partial charge is 0.348 e. The predicted octanol–water partition coefficient (Wildman–Crippen LogP) is 4.27. The minimum atomic E-state index is -3.44. The van der Waals surface area contributed by atoms with Gasteiger partial charge in [-0.15, -0.1) is 11.8 Å². The van der Waals surface area contributed by atoms with E-state index < -0.39 is 15.1 Å². The SMILES string of the molecule is Cc1cccc(CNC(=O)c2cccnc2SCC(C)S(=O)(=O)c2ccccc2)c1. The molecule has 0 spiro atoms. The molecule has 5 nitrogen and oxygen atoms in total. The normalized spacial score (nSPS) is 12.3. The maximum absolute atomic E-state index is 12.7. The molecule has 0 aliphatic rings. The molecule has 1 N–H and O–H groups in total. The van der Waals surface area contributed by atoms with Crippen LogP contribution in [0.1, 0.15) is 28.4 Å². The van der Waals surface area contributed by atoms with E-state index in [1.807, 2.05) is 31.2 Å². The van der Waals surface area contributed by atoms with E-state index >= 15 is 0 Å². The van der Waals surface area contributed by atoms with Crippen LogP contribution in [0.25, 0.3) is 0 Å². The first-order valence-corrected chi connectivity index (χ1v) is 12.1. The number of hydrogen-bond donors (Lipinski definition) is 1. The quantitative estimate of drug-likeness (QED) is 0.529. The highest BCUT2D eigenvalue weighted by molar-refractivity contribution is 8.00. The highest BCUT2D eigenvalue weighted by Gasteiger charge is 2.24. The van der Waals surface area contributed by atoms with Crippen molar-refractivity contribution < 1.29 is 13.2 Å². The topological polar surface area (TPSA) is 76.1 Å². The Kier molecular flexibility index (Phi) is 7.29. The van der Waals surface area contributed by atoms with Crippen molar-refractivity contribution in [1.82, 2.24) is 10.3 Å². The molecule has 1 amide bonds. The number of pyridine rings is 1. The van der Waals surface area contributed by atoms with Crippen molar-refractivity contribution in [1.29, 1.82) is 0 Å². The van der Waals surface area contributed by atoms with E-state index in [1.165, 1.54) is 11.8 Å². The number of carbonyl (C=O) groups excluding carboxylic acids is 1. The number of nitrogens with zero attached hydrogens (tertiary/aromatic N) is 1. The molecule has 0 fully saturated rings. The average Bonchev–Trinajstić information content (AvgIpc) is 2.76. The van der Waals surface area contributed by atoms with Crippen molar-refractivity contribution in [3.63, 3.8) is 0 Å². The first kappa shape index (κ1) is 22.1. The fourth-order valence-electron chi connectivity index (χ4n) is 2.91. The van der Waals surface area contributed by atoms with Gasteiger partial charge in [-0.2, -0.15) is 0 Å². The van der Waals surface area contributed by atoms with Crippen LogP contribution in [0.4, 0.5) is 0 Å². The summed E-state index contributed by atoms with van der Waals surface area (Å²) >= 11 is 1.28. The van der Waals surface area contributed by atoms with Crippen LogP contribution in [0.2, 0.25) is 0 Å². The molecule has 0 aliphatic heterocycles. The van der Waals surface area contributed by atoms with Crippen molar-refractivity contribution in [2.75, 3.05) is 5.75 Å². The molecule has 0 bridgehead atoms. The van der Waals surface area contributed by atoms with Crippen molar-refractivity contribution in [3.05, 3.63) is 89.6 Å². The first-order chi connectivity index (χ1) is 14.4. The van der Waals surface area contributed by atoms with Gasteiger partial charge < -0.3 is 5.32 Å². The second-order valence-corrected chi connectivity index (χ2v) is 10.4. The molecule has 0 saturated heterocycles. The van der Waals surface area contributed by atoms with E-state index in [-0.39, 0.29) is 5.91 Å². The van der Waals surface area contributed by atoms with Gasteiger partial charge in [0.1, 0.15) is 5.03 Å². The van der Waals surface area contributed by atoms with Crippen LogP contribution in [0.5, 0.6) is 0 Å². The fraction of sp³-hybridized carbons (Fsp3) is 0.217. The number of nitrogens with one attached hydrogen (secondary N) is 1. The van der Waals surface area contributed by atoms with E-state index in [1.54, 1.807) is 55.6 Å². The Morgan fingerprint density at radius 1 is 1.07 bits per heavy atom. The summed E-state index contributed by atoms with van der Waals surface area (Å²) in [4.78, 5) is 17.3. The molecule has 7 heteroatoms. The summed E-state index contributed by atoms with van der Waals surface area (Å²) in [5.41, 5.74) is 2.59. The number of hydrogen-bond acceptors (Lipinski definition) is 5. The maximum atomic E-state index is 12.7. The second-order valence-electron chi connectivity index (χ2n) is 7.01. The summed E-state index contributed by atoms with van der Waals surface area (Å²) in [5, 5.41) is 2.82. The molecular weight excluding hydrogens is 416 g/mol. The Bertz CT molecular complexity index is 1120. The number of aromatic nitrogens is 1. The van der Waals surface area contributed by atoms with Crippen LogP contribution in [0, 0.1) is 6.92 Å². The van der Waals surface area contributed by atoms with E-state index in [9.17, 15) is 13.2 Å². The molecule has 1 aromatic heterocycles. The fourth-order valence-corrected chi connectivity index (χ4v) is 5.67. The molecule has 0 saturated carbocycles. The lowest BCUT2D eigenvalue weighted by molar-refractivity contribution is 0.0947. The Morgan fingerprint density at radius 2 is 1.83 bits per heavy atom. The lowest BCUT2D eigenvalue weighted by atomic mass is 10.1. The number of benzene rings is 2. The van der Waals surface area contributed by atoms with Crippen molar-refractivity contribution in [2.24, 2.45) is 0 Å². The smallest absolute Gasteiger partial charge is 0.254 e. The third kappa shape index (κ3) is 5.49. The molecule has 1 unspecified atom stereocenters. The van der Waals surface area contributed by atoms with Gasteiger partial charge in [0.15, 0.2) is 9.84 Å². The lowest BCUT2D eigenvalue weighted by Crippen LogP contribution is -2.24. The summed E-state index contributed by atoms with van der Waals surface area (Å²) in [5.74, 6) is 0.0672. The molecule has 1 atom stereocenters. The van der Waals surface area contributed by atoms with Gasteiger partial charge in [0, 0.05) is 18.5 Å². The molecule has 0 aliphatic carbocycles. The number of thioether (sulfide) groups is 1. The van der Waals surface area contributed by atoms with Crippen molar-refractivity contribution in [3.8, 4) is 0 Å². The highest BCUT2D eigenvalue weighted by Crippen LogP contribution is 2.25. The minimum absolute atomic E-state index is 0.231. The summed E-state index contributed by atoms with van der Waals surface area (Å²) in [6, 6.07) is 19.8. The maximum Gasteiger partial charge on any atom is 0.254 e. The highest BCUT2D eigenvalue weighted by atomic mass is 32.2. The summed E-state index contributed by atoms with van der Waals surface area (Å²) in [6.07, 6.45) is 1.61. The van der Waals surface area contributed by atoms with E-state index in [2.05, 4.69) is 10.3 Å². The predicted molar refractivity (Wildman–Crippen MR) is 120 cm³/mol. The number of rotatable bonds is 8. The first-order valence-electron chi connectivity index (χ1n) is 9.58. The molecule has 0 radical (unpaired) electrons. The van der Waals surface area contributed by atoms with Crippen molar-refractivity contribution >= 4 is 27.5 Å². The van der Waals surface area contributed by atoms with Gasteiger partial charge >= 0.3 is 0 Å².